The molecule has 8 heteroatoms. The number of thioether (sulfide) groups is 1. The number of esters is 1. The number of hydrogen-bond acceptors (Lipinski definition) is 6. The number of carbonyl (C=O) groups is 2. The molecule has 2 aromatic carbocycles. The van der Waals surface area contributed by atoms with Gasteiger partial charge in [-0.3, -0.25) is 4.79 Å². The molecule has 0 radical (unpaired) electrons. The number of carbonyl (C=O) groups excluding carboxylic acids is 2. The monoisotopic (exact) mass is 451 g/mol. The zero-order valence-electron chi connectivity index (χ0n) is 17.9. The summed E-state index contributed by atoms with van der Waals surface area (Å²) in [5, 5.41) is 16.2. The highest BCUT2D eigenvalue weighted by Crippen LogP contribution is 2.41. The fourth-order valence-corrected chi connectivity index (χ4v) is 4.36. The number of anilines is 1. The minimum Gasteiger partial charge on any atom is -0.466 e. The highest BCUT2D eigenvalue weighted by Gasteiger charge is 2.36. The van der Waals surface area contributed by atoms with Crippen LogP contribution >= 0.6 is 11.8 Å². The molecule has 0 unspecified atom stereocenters. The largest absolute Gasteiger partial charge is 0.466 e. The molecule has 0 spiro atoms. The Morgan fingerprint density at radius 3 is 2.53 bits per heavy atom. The third-order valence-corrected chi connectivity index (χ3v) is 6.05. The van der Waals surface area contributed by atoms with Crippen LogP contribution in [0.3, 0.4) is 0 Å². The van der Waals surface area contributed by atoms with E-state index in [2.05, 4.69) is 16.7 Å². The molecule has 0 aliphatic carbocycles. The lowest BCUT2D eigenvalue weighted by Gasteiger charge is -2.29. The number of nitriles is 1. The Bertz CT molecular complexity index is 1170. The van der Waals surface area contributed by atoms with Crippen LogP contribution < -0.4 is 10.6 Å². The second-order valence-corrected chi connectivity index (χ2v) is 8.10. The topological polar surface area (TPSA) is 91.2 Å². The van der Waals surface area contributed by atoms with Crippen molar-refractivity contribution >= 4 is 29.3 Å². The van der Waals surface area contributed by atoms with Gasteiger partial charge < -0.3 is 15.4 Å². The van der Waals surface area contributed by atoms with Crippen molar-refractivity contribution in [2.75, 3.05) is 18.2 Å². The first-order valence-corrected chi connectivity index (χ1v) is 10.8. The first-order chi connectivity index (χ1) is 15.4. The van der Waals surface area contributed by atoms with Gasteiger partial charge in [-0.1, -0.05) is 48.2 Å². The normalized spacial score (nSPS) is 15.7. The Kier molecular flexibility index (Phi) is 7.33. The standard InChI is InChI=1S/C24H22FN3O3S/c1-14-8-4-7-11-19(14)28-20(29)13-32-23-17(12-26)22(16-9-5-6-10-18(16)25)21(15(2)27-23)24(30)31-3/h4-11,22,27H,13H2,1-3H3,(H,28,29)/t22-/m1/s1. The van der Waals surface area contributed by atoms with Gasteiger partial charge in [-0.05, 0) is 31.5 Å². The van der Waals surface area contributed by atoms with Gasteiger partial charge >= 0.3 is 5.97 Å². The number of nitrogens with one attached hydrogen (secondary N) is 2. The minimum absolute atomic E-state index is 0.0205. The van der Waals surface area contributed by atoms with E-state index < -0.39 is 17.7 Å². The van der Waals surface area contributed by atoms with Crippen LogP contribution in [0, 0.1) is 24.1 Å². The summed E-state index contributed by atoms with van der Waals surface area (Å²) in [6.45, 7) is 3.55. The third-order valence-electron chi connectivity index (χ3n) is 5.04. The van der Waals surface area contributed by atoms with Gasteiger partial charge in [0.25, 0.3) is 0 Å². The molecule has 2 N–H and O–H groups in total. The summed E-state index contributed by atoms with van der Waals surface area (Å²) < 4.78 is 19.6. The predicted molar refractivity (Wildman–Crippen MR) is 122 cm³/mol. The van der Waals surface area contributed by atoms with Crippen LogP contribution in [-0.2, 0) is 14.3 Å². The van der Waals surface area contributed by atoms with Crippen molar-refractivity contribution in [2.45, 2.75) is 19.8 Å². The Balaban J connectivity index is 1.92. The Morgan fingerprint density at radius 2 is 1.88 bits per heavy atom. The van der Waals surface area contributed by atoms with Crippen molar-refractivity contribution in [3.05, 3.63) is 87.3 Å². The highest BCUT2D eigenvalue weighted by molar-refractivity contribution is 8.03. The maximum Gasteiger partial charge on any atom is 0.336 e. The predicted octanol–water partition coefficient (Wildman–Crippen LogP) is 4.38. The van der Waals surface area contributed by atoms with E-state index >= 15 is 0 Å². The molecule has 1 heterocycles. The number of nitrogens with zero attached hydrogens (tertiary/aromatic N) is 1. The molecule has 32 heavy (non-hydrogen) atoms. The number of aryl methyl sites for hydroxylation is 1. The average Bonchev–Trinajstić information content (AvgIpc) is 2.78. The highest BCUT2D eigenvalue weighted by atomic mass is 32.2. The maximum atomic E-state index is 14.7. The lowest BCUT2D eigenvalue weighted by Crippen LogP contribution is -2.29. The number of benzene rings is 2. The van der Waals surface area contributed by atoms with E-state index in [1.54, 1.807) is 19.1 Å². The number of ether oxygens (including phenoxy) is 1. The third kappa shape index (κ3) is 4.84. The Hall–Kier alpha value is -3.57. The van der Waals surface area contributed by atoms with Crippen LogP contribution in [0.25, 0.3) is 0 Å². The fraction of sp³-hybridized carbons (Fsp3) is 0.208. The average molecular weight is 452 g/mol. The van der Waals surface area contributed by atoms with Crippen molar-refractivity contribution in [1.29, 1.82) is 5.26 Å². The van der Waals surface area contributed by atoms with Crippen LogP contribution in [0.15, 0.2) is 70.4 Å². The van der Waals surface area contributed by atoms with Crippen LogP contribution in [0.4, 0.5) is 10.1 Å². The van der Waals surface area contributed by atoms with Crippen molar-refractivity contribution in [3.8, 4) is 6.07 Å². The smallest absolute Gasteiger partial charge is 0.336 e. The molecule has 6 nitrogen and oxygen atoms in total. The number of allylic oxidation sites excluding steroid dienone is 2. The zero-order chi connectivity index (χ0) is 23.3. The molecular formula is C24H22FN3O3S. The summed E-state index contributed by atoms with van der Waals surface area (Å²) in [7, 11) is 1.23. The van der Waals surface area contributed by atoms with E-state index in [0.717, 1.165) is 17.3 Å². The zero-order valence-corrected chi connectivity index (χ0v) is 18.7. The summed E-state index contributed by atoms with van der Waals surface area (Å²) >= 11 is 1.12. The van der Waals surface area contributed by atoms with Crippen LogP contribution in [-0.4, -0.2) is 24.7 Å². The molecular weight excluding hydrogens is 429 g/mol. The van der Waals surface area contributed by atoms with Crippen molar-refractivity contribution in [1.82, 2.24) is 5.32 Å². The van der Waals surface area contributed by atoms with Crippen LogP contribution in [0.5, 0.6) is 0 Å². The molecule has 0 aromatic heterocycles. The molecule has 1 aliphatic heterocycles. The molecule has 0 fully saturated rings. The maximum absolute atomic E-state index is 14.7. The van der Waals surface area contributed by atoms with Crippen molar-refractivity contribution < 1.29 is 18.7 Å². The van der Waals surface area contributed by atoms with E-state index in [9.17, 15) is 19.2 Å². The number of amides is 1. The first-order valence-electron chi connectivity index (χ1n) is 9.80. The molecule has 2 aromatic rings. The van der Waals surface area contributed by atoms with Gasteiger partial charge in [0.15, 0.2) is 0 Å². The van der Waals surface area contributed by atoms with Crippen molar-refractivity contribution in [3.63, 3.8) is 0 Å². The fourth-order valence-electron chi connectivity index (χ4n) is 3.46. The summed E-state index contributed by atoms with van der Waals surface area (Å²) in [5.41, 5.74) is 2.56. The lowest BCUT2D eigenvalue weighted by molar-refractivity contribution is -0.136. The van der Waals surface area contributed by atoms with E-state index in [1.165, 1.54) is 25.3 Å². The van der Waals surface area contributed by atoms with Crippen molar-refractivity contribution in [2.24, 2.45) is 0 Å². The van der Waals surface area contributed by atoms with Gasteiger partial charge in [0, 0.05) is 16.9 Å². The summed E-state index contributed by atoms with van der Waals surface area (Å²) in [4.78, 5) is 25.0. The lowest BCUT2D eigenvalue weighted by atomic mass is 9.82. The number of hydrogen-bond donors (Lipinski definition) is 2. The Labute approximate surface area is 190 Å². The van der Waals surface area contributed by atoms with Gasteiger partial charge in [-0.25, -0.2) is 9.18 Å². The summed E-state index contributed by atoms with van der Waals surface area (Å²) in [6.07, 6.45) is 0. The van der Waals surface area contributed by atoms with Gasteiger partial charge in [0.2, 0.25) is 5.91 Å². The second-order valence-electron chi connectivity index (χ2n) is 7.12. The van der Waals surface area contributed by atoms with Gasteiger partial charge in [-0.2, -0.15) is 5.26 Å². The number of dihydropyridines is 1. The van der Waals surface area contributed by atoms with E-state index in [0.29, 0.717) is 16.4 Å². The molecule has 1 aliphatic rings. The van der Waals surface area contributed by atoms with E-state index in [-0.39, 0.29) is 28.4 Å². The van der Waals surface area contributed by atoms with E-state index in [4.69, 9.17) is 4.74 Å². The number of rotatable bonds is 6. The molecule has 164 valence electrons. The molecule has 0 bridgehead atoms. The summed E-state index contributed by atoms with van der Waals surface area (Å²) in [5.74, 6) is -2.37. The molecule has 0 saturated carbocycles. The summed E-state index contributed by atoms with van der Waals surface area (Å²) in [6, 6.07) is 15.5. The molecule has 3 rings (SSSR count). The molecule has 0 saturated heterocycles. The van der Waals surface area contributed by atoms with Crippen LogP contribution in [0.1, 0.15) is 24.0 Å². The van der Waals surface area contributed by atoms with Gasteiger partial charge in [0.05, 0.1) is 41.0 Å². The minimum atomic E-state index is -0.947. The molecule has 1 atom stereocenters. The first kappa shape index (κ1) is 23.1. The van der Waals surface area contributed by atoms with Gasteiger partial charge in [0.1, 0.15) is 5.82 Å². The Morgan fingerprint density at radius 1 is 1.19 bits per heavy atom. The van der Waals surface area contributed by atoms with Gasteiger partial charge in [-0.15, -0.1) is 0 Å². The number of halogens is 1. The van der Waals surface area contributed by atoms with E-state index in [1.807, 2.05) is 25.1 Å². The second kappa shape index (κ2) is 10.2. The SMILES string of the molecule is COC(=O)C1=C(C)NC(SCC(=O)Nc2ccccc2C)=C(C#N)[C@H]1c1ccccc1F. The quantitative estimate of drug-likeness (QED) is 0.634. The number of para-hydroxylation sites is 1. The number of methoxy groups -OCH3 is 1. The molecule has 1 amide bonds. The van der Waals surface area contributed by atoms with Crippen LogP contribution in [0.2, 0.25) is 0 Å².